The Labute approximate surface area is 126 Å². The highest BCUT2D eigenvalue weighted by Gasteiger charge is 2.34. The van der Waals surface area contributed by atoms with Crippen molar-refractivity contribution in [2.45, 2.75) is 66.0 Å². The van der Waals surface area contributed by atoms with Gasteiger partial charge in [0.15, 0.2) is 0 Å². The van der Waals surface area contributed by atoms with Crippen LogP contribution in [0.3, 0.4) is 0 Å². The van der Waals surface area contributed by atoms with E-state index in [1.165, 1.54) is 12.8 Å². The van der Waals surface area contributed by atoms with Gasteiger partial charge in [0.2, 0.25) is 0 Å². The van der Waals surface area contributed by atoms with E-state index >= 15 is 0 Å². The fourth-order valence-electron chi connectivity index (χ4n) is 2.87. The van der Waals surface area contributed by atoms with Crippen LogP contribution >= 0.6 is 0 Å². The first kappa shape index (κ1) is 17.9. The Morgan fingerprint density at radius 2 is 1.95 bits per heavy atom. The third-order valence-electron chi connectivity index (χ3n) is 4.52. The second kappa shape index (κ2) is 8.35. The first-order valence-electron chi connectivity index (χ1n) is 8.42. The topological polar surface area (TPSA) is 24.5 Å². The molecule has 1 aliphatic heterocycles. The Bertz CT molecular complexity index is 266. The lowest BCUT2D eigenvalue weighted by Crippen LogP contribution is -2.63. The van der Waals surface area contributed by atoms with Crippen molar-refractivity contribution >= 4 is 0 Å². The Hall–Kier alpha value is -0.120. The molecule has 0 aromatic rings. The summed E-state index contributed by atoms with van der Waals surface area (Å²) in [5.74, 6) is 1.48. The first-order chi connectivity index (χ1) is 9.35. The van der Waals surface area contributed by atoms with E-state index in [1.54, 1.807) is 0 Å². The number of rotatable bonds is 8. The van der Waals surface area contributed by atoms with Crippen LogP contribution in [0.5, 0.6) is 0 Å². The molecular formula is C17H36N2O. The quantitative estimate of drug-likeness (QED) is 0.693. The highest BCUT2D eigenvalue weighted by molar-refractivity contribution is 4.93. The molecule has 0 spiro atoms. The van der Waals surface area contributed by atoms with Crippen LogP contribution in [0, 0.1) is 11.8 Å². The van der Waals surface area contributed by atoms with Gasteiger partial charge in [0.1, 0.15) is 0 Å². The molecule has 0 radical (unpaired) electrons. The Balaban J connectivity index is 2.40. The molecule has 0 aromatic carbocycles. The van der Waals surface area contributed by atoms with Crippen molar-refractivity contribution in [2.75, 3.05) is 32.8 Å². The molecule has 20 heavy (non-hydrogen) atoms. The highest BCUT2D eigenvalue weighted by atomic mass is 16.5. The van der Waals surface area contributed by atoms with Gasteiger partial charge in [0.25, 0.3) is 0 Å². The van der Waals surface area contributed by atoms with Gasteiger partial charge in [-0.15, -0.1) is 0 Å². The lowest BCUT2D eigenvalue weighted by molar-refractivity contribution is 0.0282. The SMILES string of the molecule is CCC(C)C1CNC(C)(C)CN1CCOCCC(C)C. The predicted molar refractivity (Wildman–Crippen MR) is 87.2 cm³/mol. The molecule has 120 valence electrons. The molecule has 1 aliphatic rings. The molecule has 0 aliphatic carbocycles. The molecule has 0 bridgehead atoms. The number of hydrogen-bond donors (Lipinski definition) is 1. The summed E-state index contributed by atoms with van der Waals surface area (Å²) in [6, 6.07) is 0.654. The number of nitrogens with one attached hydrogen (secondary N) is 1. The molecule has 3 heteroatoms. The van der Waals surface area contributed by atoms with E-state index in [0.29, 0.717) is 6.04 Å². The second-order valence-electron chi connectivity index (χ2n) is 7.48. The van der Waals surface area contributed by atoms with Gasteiger partial charge >= 0.3 is 0 Å². The molecular weight excluding hydrogens is 248 g/mol. The average molecular weight is 284 g/mol. The Morgan fingerprint density at radius 1 is 1.25 bits per heavy atom. The van der Waals surface area contributed by atoms with Crippen molar-refractivity contribution in [3.8, 4) is 0 Å². The maximum absolute atomic E-state index is 5.82. The summed E-state index contributed by atoms with van der Waals surface area (Å²) in [6.07, 6.45) is 2.42. The zero-order valence-electron chi connectivity index (χ0n) is 14.5. The zero-order valence-corrected chi connectivity index (χ0v) is 14.5. The van der Waals surface area contributed by atoms with Gasteiger partial charge in [-0.2, -0.15) is 0 Å². The number of hydrogen-bond acceptors (Lipinski definition) is 3. The average Bonchev–Trinajstić information content (AvgIpc) is 2.36. The Kier molecular flexibility index (Phi) is 7.49. The van der Waals surface area contributed by atoms with Crippen LogP contribution in [0.4, 0.5) is 0 Å². The Morgan fingerprint density at radius 3 is 2.55 bits per heavy atom. The van der Waals surface area contributed by atoms with Crippen molar-refractivity contribution in [3.63, 3.8) is 0 Å². The molecule has 3 nitrogen and oxygen atoms in total. The fourth-order valence-corrected chi connectivity index (χ4v) is 2.87. The van der Waals surface area contributed by atoms with Crippen LogP contribution < -0.4 is 5.32 Å². The monoisotopic (exact) mass is 284 g/mol. The molecule has 2 unspecified atom stereocenters. The third-order valence-corrected chi connectivity index (χ3v) is 4.52. The van der Waals surface area contributed by atoms with E-state index in [4.69, 9.17) is 4.74 Å². The molecule has 1 N–H and O–H groups in total. The second-order valence-corrected chi connectivity index (χ2v) is 7.48. The van der Waals surface area contributed by atoms with Crippen LogP contribution in [0.1, 0.15) is 54.4 Å². The van der Waals surface area contributed by atoms with Crippen molar-refractivity contribution in [1.29, 1.82) is 0 Å². The highest BCUT2D eigenvalue weighted by Crippen LogP contribution is 2.21. The third kappa shape index (κ3) is 6.11. The lowest BCUT2D eigenvalue weighted by atomic mass is 9.91. The molecule has 0 amide bonds. The van der Waals surface area contributed by atoms with Gasteiger partial charge in [0.05, 0.1) is 6.61 Å². The van der Waals surface area contributed by atoms with Gasteiger partial charge in [-0.3, -0.25) is 4.90 Å². The maximum Gasteiger partial charge on any atom is 0.0593 e. The molecule has 2 atom stereocenters. The molecule has 1 heterocycles. The van der Waals surface area contributed by atoms with Gasteiger partial charge in [-0.25, -0.2) is 0 Å². The van der Waals surface area contributed by atoms with Crippen LogP contribution in [0.2, 0.25) is 0 Å². The smallest absolute Gasteiger partial charge is 0.0593 e. The molecule has 1 rings (SSSR count). The minimum absolute atomic E-state index is 0.224. The normalized spacial score (nSPS) is 25.1. The summed E-state index contributed by atoms with van der Waals surface area (Å²) in [5, 5.41) is 3.69. The summed E-state index contributed by atoms with van der Waals surface area (Å²) in [5.41, 5.74) is 0.224. The zero-order chi connectivity index (χ0) is 15.2. The standard InChI is InChI=1S/C17H36N2O/c1-7-15(4)16-12-18-17(5,6)13-19(16)9-11-20-10-8-14(2)3/h14-16,18H,7-13H2,1-6H3. The molecule has 1 fully saturated rings. The van der Waals surface area contributed by atoms with Crippen LogP contribution in [0.25, 0.3) is 0 Å². The molecule has 0 aromatic heterocycles. The minimum Gasteiger partial charge on any atom is -0.380 e. The minimum atomic E-state index is 0.224. The summed E-state index contributed by atoms with van der Waals surface area (Å²) in [7, 11) is 0. The maximum atomic E-state index is 5.82. The van der Waals surface area contributed by atoms with E-state index in [-0.39, 0.29) is 5.54 Å². The molecule has 0 saturated carbocycles. The predicted octanol–water partition coefficient (Wildman–Crippen LogP) is 3.15. The number of piperazine rings is 1. The number of nitrogens with zero attached hydrogens (tertiary/aromatic N) is 1. The van der Waals surface area contributed by atoms with Crippen molar-refractivity contribution in [1.82, 2.24) is 10.2 Å². The summed E-state index contributed by atoms with van der Waals surface area (Å²) >= 11 is 0. The van der Waals surface area contributed by atoms with Crippen LogP contribution in [0.15, 0.2) is 0 Å². The number of ether oxygens (including phenoxy) is 1. The van der Waals surface area contributed by atoms with E-state index in [9.17, 15) is 0 Å². The van der Waals surface area contributed by atoms with E-state index in [0.717, 1.165) is 44.7 Å². The largest absolute Gasteiger partial charge is 0.380 e. The van der Waals surface area contributed by atoms with Crippen LogP contribution in [-0.4, -0.2) is 49.3 Å². The van der Waals surface area contributed by atoms with Crippen molar-refractivity contribution < 1.29 is 4.74 Å². The summed E-state index contributed by atoms with van der Waals surface area (Å²) < 4.78 is 5.82. The van der Waals surface area contributed by atoms with Gasteiger partial charge < -0.3 is 10.1 Å². The fraction of sp³-hybridized carbons (Fsp3) is 1.00. The van der Waals surface area contributed by atoms with Gasteiger partial charge in [-0.05, 0) is 32.1 Å². The van der Waals surface area contributed by atoms with Gasteiger partial charge in [-0.1, -0.05) is 34.1 Å². The lowest BCUT2D eigenvalue weighted by Gasteiger charge is -2.46. The first-order valence-corrected chi connectivity index (χ1v) is 8.42. The van der Waals surface area contributed by atoms with Crippen molar-refractivity contribution in [3.05, 3.63) is 0 Å². The molecule has 1 saturated heterocycles. The summed E-state index contributed by atoms with van der Waals surface area (Å²) in [6.45, 7) is 18.8. The van der Waals surface area contributed by atoms with Crippen molar-refractivity contribution in [2.24, 2.45) is 11.8 Å². The van der Waals surface area contributed by atoms with Crippen LogP contribution in [-0.2, 0) is 4.74 Å². The van der Waals surface area contributed by atoms with E-state index in [2.05, 4.69) is 51.8 Å². The van der Waals surface area contributed by atoms with E-state index < -0.39 is 0 Å². The van der Waals surface area contributed by atoms with Gasteiger partial charge in [0, 0.05) is 37.8 Å². The summed E-state index contributed by atoms with van der Waals surface area (Å²) in [4.78, 5) is 2.64. The van der Waals surface area contributed by atoms with E-state index in [1.807, 2.05) is 0 Å².